The topological polar surface area (TPSA) is 99.9 Å². The molecule has 1 heterocycles. The number of carbonyl (C=O) groups is 3. The molecule has 17 heavy (non-hydrogen) atoms. The average Bonchev–Trinajstić information content (AvgIpc) is 2.74. The first-order valence-corrected chi connectivity index (χ1v) is 4.72. The van der Waals surface area contributed by atoms with Gasteiger partial charge in [-0.2, -0.15) is 0 Å². The summed E-state index contributed by atoms with van der Waals surface area (Å²) < 4.78 is 4.76. The van der Waals surface area contributed by atoms with E-state index in [1.807, 2.05) is 0 Å². The molecule has 1 aromatic rings. The fourth-order valence-electron chi connectivity index (χ4n) is 0.969. The molecule has 0 bridgehead atoms. The van der Waals surface area contributed by atoms with Crippen LogP contribution in [0, 0.1) is 0 Å². The van der Waals surface area contributed by atoms with Gasteiger partial charge in [0.2, 0.25) is 5.91 Å². The van der Waals surface area contributed by atoms with E-state index in [-0.39, 0.29) is 23.8 Å². The van der Waals surface area contributed by atoms with E-state index < -0.39 is 11.9 Å². The van der Waals surface area contributed by atoms with E-state index in [0.717, 1.165) is 12.3 Å². The van der Waals surface area contributed by atoms with E-state index >= 15 is 0 Å². The lowest BCUT2D eigenvalue weighted by Crippen LogP contribution is -2.36. The second-order valence-electron chi connectivity index (χ2n) is 3.48. The molecule has 0 aromatic carbocycles. The quantitative estimate of drug-likeness (QED) is 0.758. The average molecular weight is 240 g/mol. The lowest BCUT2D eigenvalue weighted by molar-refractivity contribution is -0.127. The predicted molar refractivity (Wildman–Crippen MR) is 56.7 cm³/mol. The van der Waals surface area contributed by atoms with Gasteiger partial charge in [0.25, 0.3) is 5.91 Å². The highest BCUT2D eigenvalue weighted by Gasteiger charge is 2.15. The minimum Gasteiger partial charge on any atom is -0.478 e. The Labute approximate surface area is 97.0 Å². The van der Waals surface area contributed by atoms with Gasteiger partial charge in [-0.3, -0.25) is 9.59 Å². The number of rotatable bonds is 4. The van der Waals surface area contributed by atoms with Crippen LogP contribution < -0.4 is 5.32 Å². The lowest BCUT2D eigenvalue weighted by atomic mass is 10.3. The molecule has 7 heteroatoms. The number of nitrogens with zero attached hydrogens (tertiary/aromatic N) is 1. The number of likely N-dealkylation sites (N-methyl/N-ethyl adjacent to an activating group) is 1. The van der Waals surface area contributed by atoms with Crippen LogP contribution in [0.25, 0.3) is 0 Å². The number of furan rings is 1. The molecule has 0 spiro atoms. The van der Waals surface area contributed by atoms with Gasteiger partial charge in [-0.25, -0.2) is 4.79 Å². The SMILES string of the molecule is CN(C)C(=O)CNC(=O)c1cc(C(=O)O)co1. The third kappa shape index (κ3) is 3.33. The van der Waals surface area contributed by atoms with Crippen LogP contribution >= 0.6 is 0 Å². The van der Waals surface area contributed by atoms with Crippen LogP contribution in [-0.2, 0) is 4.79 Å². The van der Waals surface area contributed by atoms with Gasteiger partial charge in [0.1, 0.15) is 6.26 Å². The smallest absolute Gasteiger partial charge is 0.338 e. The standard InChI is InChI=1S/C10H12N2O5/c1-12(2)8(13)4-11-9(14)7-3-6(5-17-7)10(15)16/h3,5H,4H2,1-2H3,(H,11,14)(H,15,16). The van der Waals surface area contributed by atoms with Crippen LogP contribution in [-0.4, -0.2) is 48.4 Å². The molecule has 7 nitrogen and oxygen atoms in total. The summed E-state index contributed by atoms with van der Waals surface area (Å²) >= 11 is 0. The minimum atomic E-state index is -1.18. The number of hydrogen-bond acceptors (Lipinski definition) is 4. The van der Waals surface area contributed by atoms with E-state index in [1.165, 1.54) is 4.90 Å². The van der Waals surface area contributed by atoms with Crippen LogP contribution in [0.2, 0.25) is 0 Å². The lowest BCUT2D eigenvalue weighted by Gasteiger charge is -2.09. The summed E-state index contributed by atoms with van der Waals surface area (Å²) in [6.07, 6.45) is 0.963. The summed E-state index contributed by atoms with van der Waals surface area (Å²) in [5.74, 6) is -2.23. The zero-order valence-corrected chi connectivity index (χ0v) is 9.39. The zero-order valence-electron chi connectivity index (χ0n) is 9.39. The van der Waals surface area contributed by atoms with Crippen LogP contribution in [0.1, 0.15) is 20.9 Å². The molecular formula is C10H12N2O5. The molecule has 0 aliphatic carbocycles. The highest BCUT2D eigenvalue weighted by atomic mass is 16.4. The third-order valence-electron chi connectivity index (χ3n) is 1.97. The molecule has 0 aliphatic heterocycles. The first kappa shape index (κ1) is 12.8. The van der Waals surface area contributed by atoms with Crippen molar-refractivity contribution in [2.45, 2.75) is 0 Å². The van der Waals surface area contributed by atoms with Crippen molar-refractivity contribution in [3.05, 3.63) is 23.7 Å². The van der Waals surface area contributed by atoms with E-state index in [4.69, 9.17) is 9.52 Å². The van der Waals surface area contributed by atoms with Crippen molar-refractivity contribution in [2.75, 3.05) is 20.6 Å². The molecule has 0 fully saturated rings. The first-order chi connectivity index (χ1) is 7.91. The summed E-state index contributed by atoms with van der Waals surface area (Å²) in [5, 5.41) is 10.9. The zero-order chi connectivity index (χ0) is 13.0. The summed E-state index contributed by atoms with van der Waals surface area (Å²) in [4.78, 5) is 34.5. The predicted octanol–water partition coefficient (Wildman–Crippen LogP) is -0.204. The number of amides is 2. The Morgan fingerprint density at radius 2 is 2.06 bits per heavy atom. The molecular weight excluding hydrogens is 228 g/mol. The highest BCUT2D eigenvalue weighted by molar-refractivity contribution is 5.97. The first-order valence-electron chi connectivity index (χ1n) is 4.72. The van der Waals surface area contributed by atoms with Crippen molar-refractivity contribution in [3.8, 4) is 0 Å². The maximum absolute atomic E-state index is 11.4. The number of carboxylic acids is 1. The molecule has 0 aliphatic rings. The Morgan fingerprint density at radius 1 is 1.41 bits per heavy atom. The van der Waals surface area contributed by atoms with E-state index in [2.05, 4.69) is 5.32 Å². The molecule has 2 N–H and O–H groups in total. The number of nitrogens with one attached hydrogen (secondary N) is 1. The molecule has 0 saturated carbocycles. The molecule has 1 rings (SSSR count). The van der Waals surface area contributed by atoms with Crippen molar-refractivity contribution in [1.29, 1.82) is 0 Å². The number of carbonyl (C=O) groups excluding carboxylic acids is 2. The van der Waals surface area contributed by atoms with Crippen molar-refractivity contribution in [3.63, 3.8) is 0 Å². The Hall–Kier alpha value is -2.31. The highest BCUT2D eigenvalue weighted by Crippen LogP contribution is 2.07. The van der Waals surface area contributed by atoms with Gasteiger partial charge in [0.15, 0.2) is 5.76 Å². The van der Waals surface area contributed by atoms with Gasteiger partial charge < -0.3 is 19.7 Å². The Kier molecular flexibility index (Phi) is 3.86. The maximum atomic E-state index is 11.4. The van der Waals surface area contributed by atoms with Gasteiger partial charge in [0, 0.05) is 20.2 Å². The third-order valence-corrected chi connectivity index (χ3v) is 1.97. The number of aromatic carboxylic acids is 1. The summed E-state index contributed by atoms with van der Waals surface area (Å²) in [7, 11) is 3.12. The normalized spacial score (nSPS) is 9.76. The molecule has 0 atom stereocenters. The Morgan fingerprint density at radius 3 is 2.53 bits per heavy atom. The van der Waals surface area contributed by atoms with Gasteiger partial charge >= 0.3 is 5.97 Å². The van der Waals surface area contributed by atoms with Crippen molar-refractivity contribution in [1.82, 2.24) is 10.2 Å². The minimum absolute atomic E-state index is 0.117. The second-order valence-corrected chi connectivity index (χ2v) is 3.48. The van der Waals surface area contributed by atoms with Gasteiger partial charge in [-0.05, 0) is 0 Å². The van der Waals surface area contributed by atoms with E-state index in [1.54, 1.807) is 14.1 Å². The maximum Gasteiger partial charge on any atom is 0.338 e. The van der Waals surface area contributed by atoms with Crippen molar-refractivity contribution < 1.29 is 23.9 Å². The van der Waals surface area contributed by atoms with E-state index in [0.29, 0.717) is 0 Å². The molecule has 92 valence electrons. The second kappa shape index (κ2) is 5.15. The van der Waals surface area contributed by atoms with Crippen LogP contribution in [0.3, 0.4) is 0 Å². The summed E-state index contributed by atoms with van der Waals surface area (Å²) in [6, 6.07) is 1.10. The van der Waals surface area contributed by atoms with Crippen LogP contribution in [0.5, 0.6) is 0 Å². The molecule has 0 radical (unpaired) electrons. The van der Waals surface area contributed by atoms with Gasteiger partial charge in [-0.1, -0.05) is 0 Å². The monoisotopic (exact) mass is 240 g/mol. The summed E-state index contributed by atoms with van der Waals surface area (Å²) in [5.41, 5.74) is -0.117. The van der Waals surface area contributed by atoms with Crippen molar-refractivity contribution >= 4 is 17.8 Å². The van der Waals surface area contributed by atoms with Crippen molar-refractivity contribution in [2.24, 2.45) is 0 Å². The molecule has 0 unspecified atom stereocenters. The Balaban J connectivity index is 2.58. The van der Waals surface area contributed by atoms with Gasteiger partial charge in [0.05, 0.1) is 12.1 Å². The van der Waals surface area contributed by atoms with Crippen LogP contribution in [0.4, 0.5) is 0 Å². The van der Waals surface area contributed by atoms with Crippen LogP contribution in [0.15, 0.2) is 16.7 Å². The summed E-state index contributed by atoms with van der Waals surface area (Å²) in [6.45, 7) is -0.172. The van der Waals surface area contributed by atoms with Gasteiger partial charge in [-0.15, -0.1) is 0 Å². The largest absolute Gasteiger partial charge is 0.478 e. The molecule has 0 saturated heterocycles. The number of hydrogen-bond donors (Lipinski definition) is 2. The Bertz CT molecular complexity index is 449. The van der Waals surface area contributed by atoms with E-state index in [9.17, 15) is 14.4 Å². The number of carboxylic acid groups (broad SMARTS) is 1. The molecule has 1 aromatic heterocycles. The fourth-order valence-corrected chi connectivity index (χ4v) is 0.969. The fraction of sp³-hybridized carbons (Fsp3) is 0.300. The molecule has 2 amide bonds.